The highest BCUT2D eigenvalue weighted by molar-refractivity contribution is 8.02. The molecule has 2 aliphatic rings. The van der Waals surface area contributed by atoms with Crippen molar-refractivity contribution < 1.29 is 4.79 Å². The normalized spacial score (nSPS) is 16.9. The third kappa shape index (κ3) is 6.73. The predicted octanol–water partition coefficient (Wildman–Crippen LogP) is 6.70. The molecule has 2 heterocycles. The predicted molar refractivity (Wildman–Crippen MR) is 130 cm³/mol. The van der Waals surface area contributed by atoms with Gasteiger partial charge in [-0.2, -0.15) is 0 Å². The van der Waals surface area contributed by atoms with Gasteiger partial charge in [-0.25, -0.2) is 4.98 Å². The topological polar surface area (TPSA) is 49.0 Å². The summed E-state index contributed by atoms with van der Waals surface area (Å²) in [5.41, 5.74) is 3.69. The van der Waals surface area contributed by atoms with E-state index in [1.807, 2.05) is 10.3 Å². The number of hydrogen-bond donors (Lipinski definition) is 1. The fourth-order valence-corrected chi connectivity index (χ4v) is 5.26. The van der Waals surface area contributed by atoms with Crippen molar-refractivity contribution in [2.75, 3.05) is 6.54 Å². The van der Waals surface area contributed by atoms with Gasteiger partial charge in [-0.3, -0.25) is 4.79 Å². The first-order valence-electron chi connectivity index (χ1n) is 11.8. The molecule has 4 nitrogen and oxygen atoms in total. The lowest BCUT2D eigenvalue weighted by Crippen LogP contribution is -2.36. The average molecular weight is 440 g/mol. The summed E-state index contributed by atoms with van der Waals surface area (Å²) in [6.45, 7) is 9.79. The van der Waals surface area contributed by atoms with Crippen molar-refractivity contribution in [3.63, 3.8) is 0 Å². The maximum absolute atomic E-state index is 12.2. The Morgan fingerprint density at radius 3 is 2.87 bits per heavy atom. The van der Waals surface area contributed by atoms with Crippen LogP contribution in [0, 0.1) is 5.92 Å². The zero-order chi connectivity index (χ0) is 22.1. The third-order valence-corrected chi connectivity index (χ3v) is 7.43. The standard InChI is InChI=1S/C14H21N3O.C12H16S/c18-14(6-5-11-3-1-2-4-11)17-8-7-12-13(9-17)16-10-15-12;1-4-10(3)11-8-6-7-9-12(11)13-5-2/h10-11H,1-9H2,(H,15,16);5-10H,2,4H2,1,3H3. The van der Waals surface area contributed by atoms with Crippen molar-refractivity contribution in [1.29, 1.82) is 0 Å². The van der Waals surface area contributed by atoms with Crippen LogP contribution in [0.1, 0.15) is 81.7 Å². The van der Waals surface area contributed by atoms with Gasteiger partial charge < -0.3 is 9.88 Å². The number of H-pyrrole nitrogens is 1. The van der Waals surface area contributed by atoms with Crippen molar-refractivity contribution in [1.82, 2.24) is 14.9 Å². The van der Waals surface area contributed by atoms with Crippen molar-refractivity contribution in [3.8, 4) is 0 Å². The second-order valence-electron chi connectivity index (χ2n) is 8.71. The molecule has 1 aromatic heterocycles. The largest absolute Gasteiger partial charge is 0.347 e. The number of thioether (sulfide) groups is 1. The average Bonchev–Trinajstić information content (AvgIpc) is 3.49. The number of carbonyl (C=O) groups excluding carboxylic acids is 1. The van der Waals surface area contributed by atoms with E-state index in [2.05, 4.69) is 54.7 Å². The molecule has 1 fully saturated rings. The number of hydrogen-bond acceptors (Lipinski definition) is 3. The van der Waals surface area contributed by atoms with Crippen LogP contribution < -0.4 is 0 Å². The van der Waals surface area contributed by atoms with E-state index in [0.717, 1.165) is 49.7 Å². The number of aromatic nitrogens is 2. The van der Waals surface area contributed by atoms with E-state index < -0.39 is 0 Å². The zero-order valence-electron chi connectivity index (χ0n) is 19.1. The summed E-state index contributed by atoms with van der Waals surface area (Å²) in [6.07, 6.45) is 11.0. The molecule has 2 aromatic rings. The van der Waals surface area contributed by atoms with Gasteiger partial charge in [0.2, 0.25) is 5.91 Å². The quantitative estimate of drug-likeness (QED) is 0.488. The lowest BCUT2D eigenvalue weighted by atomic mass is 9.99. The van der Waals surface area contributed by atoms with Crippen LogP contribution in [0.3, 0.4) is 0 Å². The minimum absolute atomic E-state index is 0.321. The van der Waals surface area contributed by atoms with Gasteiger partial charge in [0.05, 0.1) is 24.3 Å². The number of fused-ring (bicyclic) bond motifs is 1. The molecule has 1 aliphatic heterocycles. The third-order valence-electron chi connectivity index (χ3n) is 6.64. The molecule has 1 N–H and O–H groups in total. The van der Waals surface area contributed by atoms with E-state index >= 15 is 0 Å². The van der Waals surface area contributed by atoms with E-state index in [1.165, 1.54) is 42.6 Å². The number of nitrogens with one attached hydrogen (secondary N) is 1. The van der Waals surface area contributed by atoms with E-state index in [-0.39, 0.29) is 0 Å². The van der Waals surface area contributed by atoms with Gasteiger partial charge in [0.25, 0.3) is 0 Å². The van der Waals surface area contributed by atoms with Crippen molar-refractivity contribution in [3.05, 3.63) is 59.5 Å². The number of nitrogens with zero attached hydrogens (tertiary/aromatic N) is 2. The van der Waals surface area contributed by atoms with Crippen LogP contribution in [-0.2, 0) is 17.8 Å². The van der Waals surface area contributed by atoms with Crippen molar-refractivity contribution in [2.45, 2.75) is 82.6 Å². The first-order valence-corrected chi connectivity index (χ1v) is 12.7. The van der Waals surface area contributed by atoms with Gasteiger partial charge in [-0.1, -0.05) is 76.1 Å². The lowest BCUT2D eigenvalue weighted by Gasteiger charge is -2.26. The molecule has 1 saturated carbocycles. The number of carbonyl (C=O) groups is 1. The van der Waals surface area contributed by atoms with Crippen LogP contribution in [0.15, 0.2) is 47.5 Å². The molecule has 0 spiro atoms. The molecule has 1 aliphatic carbocycles. The van der Waals surface area contributed by atoms with Gasteiger partial charge >= 0.3 is 0 Å². The van der Waals surface area contributed by atoms with Gasteiger partial charge in [0, 0.05) is 24.3 Å². The molecule has 1 atom stereocenters. The molecular weight excluding hydrogens is 402 g/mol. The summed E-state index contributed by atoms with van der Waals surface area (Å²) in [7, 11) is 0. The molecule has 1 aromatic carbocycles. The first-order chi connectivity index (χ1) is 15.1. The molecule has 1 unspecified atom stereocenters. The van der Waals surface area contributed by atoms with E-state index in [0.29, 0.717) is 11.8 Å². The Morgan fingerprint density at radius 1 is 1.35 bits per heavy atom. The SMILES string of the molecule is C=CSc1ccccc1C(C)CC.O=C(CCC1CCCC1)N1CCc2nc[nH]c2C1. The highest BCUT2D eigenvalue weighted by atomic mass is 32.2. The summed E-state index contributed by atoms with van der Waals surface area (Å²) >= 11 is 1.71. The molecule has 1 amide bonds. The zero-order valence-corrected chi connectivity index (χ0v) is 19.9. The van der Waals surface area contributed by atoms with E-state index in [1.54, 1.807) is 18.1 Å². The first kappa shape index (κ1) is 23.6. The fraction of sp³-hybridized carbons (Fsp3) is 0.538. The Balaban J connectivity index is 0.000000187. The molecule has 0 saturated heterocycles. The molecule has 0 bridgehead atoms. The Bertz CT molecular complexity index is 841. The summed E-state index contributed by atoms with van der Waals surface area (Å²) in [5, 5.41) is 1.89. The Morgan fingerprint density at radius 2 is 2.13 bits per heavy atom. The second-order valence-corrected chi connectivity index (χ2v) is 9.72. The Labute approximate surface area is 191 Å². The maximum Gasteiger partial charge on any atom is 0.222 e. The van der Waals surface area contributed by atoms with Crippen molar-refractivity contribution >= 4 is 17.7 Å². The molecule has 31 heavy (non-hydrogen) atoms. The van der Waals surface area contributed by atoms with Crippen molar-refractivity contribution in [2.24, 2.45) is 5.92 Å². The van der Waals surface area contributed by atoms with E-state index in [9.17, 15) is 4.79 Å². The summed E-state index contributed by atoms with van der Waals surface area (Å²) in [5.74, 6) is 1.77. The summed E-state index contributed by atoms with van der Waals surface area (Å²) in [4.78, 5) is 22.9. The van der Waals surface area contributed by atoms with Gasteiger partial charge in [-0.15, -0.1) is 0 Å². The smallest absolute Gasteiger partial charge is 0.222 e. The highest BCUT2D eigenvalue weighted by Crippen LogP contribution is 2.30. The molecule has 0 radical (unpaired) electrons. The molecule has 4 rings (SSSR count). The van der Waals surface area contributed by atoms with Crippen LogP contribution in [-0.4, -0.2) is 27.3 Å². The summed E-state index contributed by atoms with van der Waals surface area (Å²) < 4.78 is 0. The van der Waals surface area contributed by atoms with Gasteiger partial charge in [0.1, 0.15) is 0 Å². The highest BCUT2D eigenvalue weighted by Gasteiger charge is 2.23. The summed E-state index contributed by atoms with van der Waals surface area (Å²) in [6, 6.07) is 8.56. The Kier molecular flexibility index (Phi) is 9.26. The number of aromatic amines is 1. The van der Waals surface area contributed by atoms with Crippen LogP contribution in [0.4, 0.5) is 0 Å². The van der Waals surface area contributed by atoms with Crippen LogP contribution in [0.25, 0.3) is 0 Å². The van der Waals surface area contributed by atoms with E-state index in [4.69, 9.17) is 0 Å². The minimum atomic E-state index is 0.321. The number of amides is 1. The second kappa shape index (κ2) is 12.1. The van der Waals surface area contributed by atoms with Crippen LogP contribution in [0.5, 0.6) is 0 Å². The minimum Gasteiger partial charge on any atom is -0.347 e. The molecule has 168 valence electrons. The molecule has 5 heteroatoms. The van der Waals surface area contributed by atoms with Crippen LogP contribution >= 0.6 is 11.8 Å². The Hall–Kier alpha value is -2.01. The maximum atomic E-state index is 12.2. The lowest BCUT2D eigenvalue weighted by molar-refractivity contribution is -0.132. The van der Waals surface area contributed by atoms with Crippen LogP contribution in [0.2, 0.25) is 0 Å². The number of benzene rings is 1. The van der Waals surface area contributed by atoms with Gasteiger partial charge in [-0.05, 0) is 41.7 Å². The number of imidazole rings is 1. The number of rotatable bonds is 7. The molecular formula is C26H37N3OS. The fourth-order valence-electron chi connectivity index (χ4n) is 4.51. The van der Waals surface area contributed by atoms with Gasteiger partial charge in [0.15, 0.2) is 0 Å². The monoisotopic (exact) mass is 439 g/mol.